The van der Waals surface area contributed by atoms with Crippen molar-refractivity contribution in [3.05, 3.63) is 63.1 Å². The Morgan fingerprint density at radius 2 is 1.60 bits per heavy atom. The first kappa shape index (κ1) is 45.4. The van der Waals surface area contributed by atoms with E-state index >= 15 is 0 Å². The van der Waals surface area contributed by atoms with Gasteiger partial charge in [-0.05, 0) is 75.8 Å². The fraction of sp³-hybridized carbons (Fsp3) is 0.412. The van der Waals surface area contributed by atoms with Crippen LogP contribution in [-0.2, 0) is 38.3 Å². The molecule has 2 aliphatic carbocycles. The fourth-order valence-electron chi connectivity index (χ4n) is 5.44. The second kappa shape index (κ2) is 19.2. The van der Waals surface area contributed by atoms with E-state index in [2.05, 4.69) is 5.32 Å². The Morgan fingerprint density at radius 1 is 1.00 bits per heavy atom. The highest BCUT2D eigenvalue weighted by molar-refractivity contribution is 7.90. The summed E-state index contributed by atoms with van der Waals surface area (Å²) in [6.07, 6.45) is 4.28. The number of ketones is 3. The lowest BCUT2D eigenvalue weighted by Crippen LogP contribution is -2.35. The van der Waals surface area contributed by atoms with Gasteiger partial charge < -0.3 is 24.4 Å². The van der Waals surface area contributed by atoms with Crippen LogP contribution in [0.1, 0.15) is 69.2 Å². The van der Waals surface area contributed by atoms with Crippen LogP contribution in [-0.4, -0.2) is 83.8 Å². The summed E-state index contributed by atoms with van der Waals surface area (Å²) in [6.45, 7) is 2.83. The number of aliphatic carboxylic acids is 1. The molecule has 21 heteroatoms. The average Bonchev–Trinajstić information content (AvgIpc) is 3.68. The third kappa shape index (κ3) is 12.7. The lowest BCUT2D eigenvalue weighted by atomic mass is 9.82. The molecule has 0 aromatic heterocycles. The smallest absolute Gasteiger partial charge is 0.427 e. The molecule has 0 unspecified atom stereocenters. The van der Waals surface area contributed by atoms with E-state index in [0.29, 0.717) is 16.9 Å². The predicted molar refractivity (Wildman–Crippen MR) is 195 cm³/mol. The SMILES string of the molecule is CC(C)=C1OC(=O)N(c2cc(OC3CCCC3)c(Cl)cc2F)C1=O.CS(=O)(=O)c1ccc(C(=O)C2C(=O)CCCC2=O)c(Cl)c1.O=C(O)CNCP(=O)(O)O. The normalized spacial score (nSPS) is 16.6. The standard InChI is InChI=1S/C17H17ClFNO4.C14H13ClO5S.C3H8NO5P/c1-9(2)15-16(21)20(17(22)24-15)13-8-14(11(18)7-12(13)19)23-10-5-3-4-6-10;1-21(19,20)8-5-6-9(10(15)7-8)14(18)13-11(16)3-2-4-12(13)17;5-3(6)1-4-2-10(7,8)9/h7-8,10H,3-6H2,1-2H3;5-7,13H,2-4H2,1H3;4H,1-2H2,(H,5,6)(H2,7,8,9). The maximum atomic E-state index is 14.3. The zero-order valence-electron chi connectivity index (χ0n) is 29.7. The Labute approximate surface area is 325 Å². The van der Waals surface area contributed by atoms with Crippen molar-refractivity contribution in [3.63, 3.8) is 0 Å². The van der Waals surface area contributed by atoms with Gasteiger partial charge in [-0.15, -0.1) is 0 Å². The summed E-state index contributed by atoms with van der Waals surface area (Å²) in [5, 5.41) is 10.1. The number of cyclic esters (lactones) is 1. The van der Waals surface area contributed by atoms with Crippen molar-refractivity contribution >= 4 is 81.6 Å². The molecule has 16 nitrogen and oxygen atoms in total. The lowest BCUT2D eigenvalue weighted by molar-refractivity contribution is -0.136. The molecule has 1 heterocycles. The predicted octanol–water partition coefficient (Wildman–Crippen LogP) is 5.24. The number of halogens is 3. The summed E-state index contributed by atoms with van der Waals surface area (Å²) in [4.78, 5) is 87.0. The summed E-state index contributed by atoms with van der Waals surface area (Å²) >= 11 is 12.0. The number of carboxylic acids is 1. The number of rotatable bonds is 10. The van der Waals surface area contributed by atoms with Gasteiger partial charge in [-0.2, -0.15) is 0 Å². The molecule has 1 saturated heterocycles. The van der Waals surface area contributed by atoms with E-state index in [1.165, 1.54) is 18.2 Å². The van der Waals surface area contributed by atoms with E-state index in [1.54, 1.807) is 13.8 Å². The third-order valence-electron chi connectivity index (χ3n) is 8.04. The number of ether oxygens (including phenoxy) is 2. The van der Waals surface area contributed by atoms with E-state index in [4.69, 9.17) is 47.6 Å². The minimum Gasteiger partial charge on any atom is -0.489 e. The maximum absolute atomic E-state index is 14.3. The molecule has 0 spiro atoms. The molecule has 0 bridgehead atoms. The van der Waals surface area contributed by atoms with Gasteiger partial charge in [-0.1, -0.05) is 23.2 Å². The number of imide groups is 1. The van der Waals surface area contributed by atoms with E-state index in [9.17, 15) is 46.1 Å². The van der Waals surface area contributed by atoms with Crippen LogP contribution >= 0.6 is 30.8 Å². The minimum atomic E-state index is -4.10. The highest BCUT2D eigenvalue weighted by Crippen LogP contribution is 2.38. The molecule has 2 aromatic rings. The van der Waals surface area contributed by atoms with Crippen molar-refractivity contribution in [1.29, 1.82) is 0 Å². The van der Waals surface area contributed by atoms with Gasteiger partial charge in [0.1, 0.15) is 17.5 Å². The Morgan fingerprint density at radius 3 is 2.09 bits per heavy atom. The first-order valence-electron chi connectivity index (χ1n) is 16.5. The van der Waals surface area contributed by atoms with Crippen molar-refractivity contribution in [3.8, 4) is 5.75 Å². The summed E-state index contributed by atoms with van der Waals surface area (Å²) in [7, 11) is -7.54. The molecule has 2 amide bonds. The van der Waals surface area contributed by atoms with Crippen LogP contribution in [0.3, 0.4) is 0 Å². The number of carbonyl (C=O) groups is 6. The molecular weight excluding hydrogens is 813 g/mol. The maximum Gasteiger partial charge on any atom is 0.427 e. The molecule has 3 fully saturated rings. The van der Waals surface area contributed by atoms with Gasteiger partial charge in [-0.25, -0.2) is 22.5 Å². The van der Waals surface area contributed by atoms with E-state index in [-0.39, 0.29) is 56.6 Å². The first-order valence-corrected chi connectivity index (χ1v) is 20.9. The second-order valence-electron chi connectivity index (χ2n) is 12.7. The molecule has 55 heavy (non-hydrogen) atoms. The molecular formula is C34H38Cl2FN2O14PS. The number of carboxylic acid groups (broad SMARTS) is 1. The van der Waals surface area contributed by atoms with Crippen LogP contribution in [0.15, 0.2) is 46.6 Å². The van der Waals surface area contributed by atoms with Crippen LogP contribution in [0.5, 0.6) is 5.75 Å². The highest BCUT2D eigenvalue weighted by atomic mass is 35.5. The van der Waals surface area contributed by atoms with Crippen LogP contribution < -0.4 is 15.0 Å². The monoisotopic (exact) mass is 850 g/mol. The number of nitrogens with zero attached hydrogens (tertiary/aromatic N) is 1. The van der Waals surface area contributed by atoms with E-state index < -0.39 is 77.3 Å². The number of hydrogen-bond donors (Lipinski definition) is 4. The Hall–Kier alpha value is -4.03. The Balaban J connectivity index is 0.000000240. The van der Waals surface area contributed by atoms with Crippen molar-refractivity contribution in [2.75, 3.05) is 24.0 Å². The number of carbonyl (C=O) groups excluding carboxylic acids is 5. The van der Waals surface area contributed by atoms with Gasteiger partial charge >= 0.3 is 25.6 Å². The van der Waals surface area contributed by atoms with Gasteiger partial charge in [0.05, 0.1) is 39.6 Å². The quantitative estimate of drug-likeness (QED) is 0.103. The minimum absolute atomic E-state index is 0.00216. The average molecular weight is 852 g/mol. The molecule has 2 aromatic carbocycles. The summed E-state index contributed by atoms with van der Waals surface area (Å²) in [6, 6.07) is 5.97. The van der Waals surface area contributed by atoms with Crippen LogP contribution in [0.2, 0.25) is 10.0 Å². The van der Waals surface area contributed by atoms with Gasteiger partial charge in [0.2, 0.25) is 0 Å². The molecule has 5 rings (SSSR count). The van der Waals surface area contributed by atoms with Gasteiger partial charge in [0.25, 0.3) is 0 Å². The summed E-state index contributed by atoms with van der Waals surface area (Å²) in [5.41, 5.74) is 0.309. The van der Waals surface area contributed by atoms with E-state index in [1.807, 2.05) is 0 Å². The Bertz CT molecular complexity index is 2040. The highest BCUT2D eigenvalue weighted by Gasteiger charge is 2.41. The van der Waals surface area contributed by atoms with Gasteiger partial charge in [-0.3, -0.25) is 33.9 Å². The fourth-order valence-corrected chi connectivity index (χ4v) is 7.02. The van der Waals surface area contributed by atoms with Gasteiger partial charge in [0.15, 0.2) is 32.9 Å². The van der Waals surface area contributed by atoms with E-state index in [0.717, 1.165) is 44.1 Å². The number of Topliss-reactive ketones (excluding diaryl/α,β-unsaturated/α-hetero) is 3. The van der Waals surface area contributed by atoms with Crippen LogP contribution in [0, 0.1) is 11.7 Å². The Kier molecular flexibility index (Phi) is 15.8. The van der Waals surface area contributed by atoms with Crippen molar-refractivity contribution < 1.29 is 70.5 Å². The summed E-state index contributed by atoms with van der Waals surface area (Å²) in [5.74, 6) is -5.24. The summed E-state index contributed by atoms with van der Waals surface area (Å²) < 4.78 is 57.9. The lowest BCUT2D eigenvalue weighted by Gasteiger charge is -2.18. The number of amides is 2. The third-order valence-corrected chi connectivity index (χ3v) is 10.4. The molecule has 300 valence electrons. The largest absolute Gasteiger partial charge is 0.489 e. The number of benzene rings is 2. The van der Waals surface area contributed by atoms with Crippen molar-refractivity contribution in [2.45, 2.75) is 69.8 Å². The number of allylic oxidation sites excluding steroid dienone is 1. The molecule has 4 N–H and O–H groups in total. The number of nitrogens with one attached hydrogen (secondary N) is 1. The zero-order chi connectivity index (χ0) is 41.4. The molecule has 0 atom stereocenters. The molecule has 2 saturated carbocycles. The first-order chi connectivity index (χ1) is 25.5. The number of sulfone groups is 1. The van der Waals surface area contributed by atoms with Crippen LogP contribution in [0.25, 0.3) is 0 Å². The topological polar surface area (TPSA) is 248 Å². The zero-order valence-corrected chi connectivity index (χ0v) is 32.9. The molecule has 1 aliphatic heterocycles. The number of anilines is 1. The second-order valence-corrected chi connectivity index (χ2v) is 17.2. The number of hydrogen-bond acceptors (Lipinski definition) is 12. The van der Waals surface area contributed by atoms with Crippen molar-refractivity contribution in [2.24, 2.45) is 5.92 Å². The molecule has 3 aliphatic rings. The van der Waals surface area contributed by atoms with Crippen molar-refractivity contribution in [1.82, 2.24) is 5.32 Å². The van der Waals surface area contributed by atoms with Crippen LogP contribution in [0.4, 0.5) is 14.9 Å². The molecule has 0 radical (unpaired) electrons. The van der Waals surface area contributed by atoms with Gasteiger partial charge in [0, 0.05) is 30.7 Å².